The lowest BCUT2D eigenvalue weighted by Crippen LogP contribution is -2.27. The summed E-state index contributed by atoms with van der Waals surface area (Å²) in [5.74, 6) is 0.108. The van der Waals surface area contributed by atoms with Gasteiger partial charge in [-0.1, -0.05) is 18.5 Å². The molecule has 5 heteroatoms. The standard InChI is InChI=1S/C11H12ClIO3/c1-3-9(11(14)15-2)16-10-5-4-7(13)6-8(10)12/h4-6,9H,3H2,1-2H3. The highest BCUT2D eigenvalue weighted by molar-refractivity contribution is 14.1. The molecule has 0 saturated carbocycles. The van der Waals surface area contributed by atoms with Crippen LogP contribution in [0.5, 0.6) is 5.75 Å². The van der Waals surface area contributed by atoms with Gasteiger partial charge in [-0.15, -0.1) is 0 Å². The van der Waals surface area contributed by atoms with Crippen molar-refractivity contribution in [1.82, 2.24) is 0 Å². The fraction of sp³-hybridized carbons (Fsp3) is 0.364. The Morgan fingerprint density at radius 3 is 2.75 bits per heavy atom. The van der Waals surface area contributed by atoms with Crippen LogP contribution in [-0.2, 0) is 9.53 Å². The molecule has 0 aliphatic rings. The Kier molecular flexibility index (Phi) is 5.34. The van der Waals surface area contributed by atoms with E-state index in [0.29, 0.717) is 17.2 Å². The fourth-order valence-electron chi connectivity index (χ4n) is 1.15. The zero-order valence-electron chi connectivity index (χ0n) is 9.00. The highest BCUT2D eigenvalue weighted by atomic mass is 127. The largest absolute Gasteiger partial charge is 0.477 e. The molecule has 1 unspecified atom stereocenters. The molecular formula is C11H12ClIO3. The first kappa shape index (κ1) is 13.6. The maximum absolute atomic E-state index is 11.3. The summed E-state index contributed by atoms with van der Waals surface area (Å²) in [6.07, 6.45) is -0.0720. The topological polar surface area (TPSA) is 35.5 Å². The van der Waals surface area contributed by atoms with E-state index < -0.39 is 12.1 Å². The molecule has 3 nitrogen and oxygen atoms in total. The number of benzene rings is 1. The summed E-state index contributed by atoms with van der Waals surface area (Å²) in [5.41, 5.74) is 0. The Hall–Kier alpha value is -0.490. The van der Waals surface area contributed by atoms with Gasteiger partial charge in [-0.25, -0.2) is 4.79 Å². The molecule has 0 radical (unpaired) electrons. The number of carbonyl (C=O) groups excluding carboxylic acids is 1. The summed E-state index contributed by atoms with van der Waals surface area (Å²) in [7, 11) is 1.34. The number of methoxy groups -OCH3 is 1. The lowest BCUT2D eigenvalue weighted by molar-refractivity contribution is -0.148. The number of rotatable bonds is 4. The second kappa shape index (κ2) is 6.30. The van der Waals surface area contributed by atoms with E-state index in [9.17, 15) is 4.79 Å². The summed E-state index contributed by atoms with van der Waals surface area (Å²) in [6.45, 7) is 1.85. The van der Waals surface area contributed by atoms with E-state index in [4.69, 9.17) is 16.3 Å². The van der Waals surface area contributed by atoms with Crippen LogP contribution in [0.4, 0.5) is 0 Å². The molecule has 0 bridgehead atoms. The zero-order valence-corrected chi connectivity index (χ0v) is 11.9. The van der Waals surface area contributed by atoms with Crippen molar-refractivity contribution < 1.29 is 14.3 Å². The summed E-state index contributed by atoms with van der Waals surface area (Å²) < 4.78 is 11.1. The van der Waals surface area contributed by atoms with Gasteiger partial charge in [0.25, 0.3) is 0 Å². The zero-order chi connectivity index (χ0) is 12.1. The first-order valence-electron chi connectivity index (χ1n) is 4.78. The van der Waals surface area contributed by atoms with Crippen molar-refractivity contribution in [2.75, 3.05) is 7.11 Å². The highest BCUT2D eigenvalue weighted by Gasteiger charge is 2.19. The van der Waals surface area contributed by atoms with Gasteiger partial charge in [0.1, 0.15) is 5.75 Å². The Bertz CT molecular complexity index is 381. The summed E-state index contributed by atoms with van der Waals surface area (Å²) in [6, 6.07) is 5.39. The van der Waals surface area contributed by atoms with Crippen molar-refractivity contribution in [2.45, 2.75) is 19.4 Å². The van der Waals surface area contributed by atoms with Crippen molar-refractivity contribution in [3.05, 3.63) is 26.8 Å². The molecule has 0 N–H and O–H groups in total. The van der Waals surface area contributed by atoms with Crippen LogP contribution in [0.1, 0.15) is 13.3 Å². The van der Waals surface area contributed by atoms with Crippen LogP contribution in [0.2, 0.25) is 5.02 Å². The van der Waals surface area contributed by atoms with Crippen molar-refractivity contribution in [3.63, 3.8) is 0 Å². The molecule has 88 valence electrons. The highest BCUT2D eigenvalue weighted by Crippen LogP contribution is 2.27. The number of esters is 1. The van der Waals surface area contributed by atoms with Crippen LogP contribution in [0, 0.1) is 3.57 Å². The predicted molar refractivity (Wildman–Crippen MR) is 70.9 cm³/mol. The molecule has 0 amide bonds. The molecule has 0 aliphatic heterocycles. The van der Waals surface area contributed by atoms with E-state index in [1.54, 1.807) is 12.1 Å². The molecule has 0 aromatic heterocycles. The molecule has 0 saturated heterocycles. The molecule has 0 spiro atoms. The number of ether oxygens (including phenoxy) is 2. The van der Waals surface area contributed by atoms with Crippen LogP contribution in [-0.4, -0.2) is 19.2 Å². The normalized spacial score (nSPS) is 12.0. The molecule has 16 heavy (non-hydrogen) atoms. The van der Waals surface area contributed by atoms with Crippen molar-refractivity contribution in [1.29, 1.82) is 0 Å². The van der Waals surface area contributed by atoms with Gasteiger partial charge in [-0.05, 0) is 47.2 Å². The Morgan fingerprint density at radius 2 is 2.25 bits per heavy atom. The van der Waals surface area contributed by atoms with Gasteiger partial charge in [0.2, 0.25) is 0 Å². The molecule has 1 aromatic rings. The van der Waals surface area contributed by atoms with Gasteiger partial charge in [-0.3, -0.25) is 0 Å². The minimum atomic E-state index is -0.609. The third-order valence-corrected chi connectivity index (χ3v) is 2.96. The summed E-state index contributed by atoms with van der Waals surface area (Å²) >= 11 is 8.15. The molecule has 0 aliphatic carbocycles. The molecule has 1 aromatic carbocycles. The number of carbonyl (C=O) groups is 1. The second-order valence-electron chi connectivity index (χ2n) is 3.11. The smallest absolute Gasteiger partial charge is 0.347 e. The quantitative estimate of drug-likeness (QED) is 0.615. The van der Waals surface area contributed by atoms with Crippen LogP contribution in [0.15, 0.2) is 18.2 Å². The van der Waals surface area contributed by atoms with Crippen molar-refractivity contribution in [2.24, 2.45) is 0 Å². The van der Waals surface area contributed by atoms with Crippen LogP contribution < -0.4 is 4.74 Å². The van der Waals surface area contributed by atoms with Gasteiger partial charge >= 0.3 is 5.97 Å². The van der Waals surface area contributed by atoms with E-state index in [0.717, 1.165) is 3.57 Å². The SMILES string of the molecule is CCC(Oc1ccc(I)cc1Cl)C(=O)OC. The summed E-state index contributed by atoms with van der Waals surface area (Å²) in [5, 5.41) is 0.495. The van der Waals surface area contributed by atoms with E-state index >= 15 is 0 Å². The molecule has 0 fully saturated rings. The lowest BCUT2D eigenvalue weighted by atomic mass is 10.2. The van der Waals surface area contributed by atoms with Gasteiger partial charge in [-0.2, -0.15) is 0 Å². The number of hydrogen-bond acceptors (Lipinski definition) is 3. The number of hydrogen-bond donors (Lipinski definition) is 0. The van der Waals surface area contributed by atoms with Gasteiger partial charge < -0.3 is 9.47 Å². The molecular weight excluding hydrogens is 342 g/mol. The van der Waals surface area contributed by atoms with E-state index in [2.05, 4.69) is 27.3 Å². The minimum Gasteiger partial charge on any atom is -0.477 e. The number of halogens is 2. The summed E-state index contributed by atoms with van der Waals surface area (Å²) in [4.78, 5) is 11.3. The average molecular weight is 355 g/mol. The third kappa shape index (κ3) is 3.52. The minimum absolute atomic E-state index is 0.392. The van der Waals surface area contributed by atoms with Gasteiger partial charge in [0.05, 0.1) is 12.1 Å². The molecule has 1 atom stereocenters. The predicted octanol–water partition coefficient (Wildman–Crippen LogP) is 3.28. The Morgan fingerprint density at radius 1 is 1.56 bits per heavy atom. The fourth-order valence-corrected chi connectivity index (χ4v) is 2.05. The van der Waals surface area contributed by atoms with E-state index in [1.807, 2.05) is 13.0 Å². The lowest BCUT2D eigenvalue weighted by Gasteiger charge is -2.16. The van der Waals surface area contributed by atoms with Gasteiger partial charge in [0.15, 0.2) is 6.10 Å². The molecule has 0 heterocycles. The maximum atomic E-state index is 11.3. The average Bonchev–Trinajstić information content (AvgIpc) is 2.27. The van der Waals surface area contributed by atoms with Crippen molar-refractivity contribution >= 4 is 40.2 Å². The van der Waals surface area contributed by atoms with Crippen molar-refractivity contribution in [3.8, 4) is 5.75 Å². The maximum Gasteiger partial charge on any atom is 0.347 e. The van der Waals surface area contributed by atoms with E-state index in [-0.39, 0.29) is 0 Å². The molecule has 1 rings (SSSR count). The Balaban J connectivity index is 2.82. The second-order valence-corrected chi connectivity index (χ2v) is 4.77. The monoisotopic (exact) mass is 354 g/mol. The van der Waals surface area contributed by atoms with Crippen LogP contribution in [0.25, 0.3) is 0 Å². The van der Waals surface area contributed by atoms with Crippen LogP contribution >= 0.6 is 34.2 Å². The third-order valence-electron chi connectivity index (χ3n) is 2.00. The van der Waals surface area contributed by atoms with Crippen LogP contribution in [0.3, 0.4) is 0 Å². The Labute approximate surface area is 113 Å². The first-order chi connectivity index (χ1) is 7.58. The first-order valence-corrected chi connectivity index (χ1v) is 6.23. The van der Waals surface area contributed by atoms with E-state index in [1.165, 1.54) is 7.11 Å². The van der Waals surface area contributed by atoms with Gasteiger partial charge in [0, 0.05) is 3.57 Å².